The Bertz CT molecular complexity index is 1310. The molecule has 5 rings (SSSR count). The Morgan fingerprint density at radius 1 is 0.978 bits per heavy atom. The Labute approximate surface area is 277 Å². The Kier molecular flexibility index (Phi) is 12.5. The summed E-state index contributed by atoms with van der Waals surface area (Å²) in [6, 6.07) is 13.2. The minimum atomic E-state index is -0.978. The lowest BCUT2D eigenvalue weighted by atomic mass is 9.77. The lowest BCUT2D eigenvalue weighted by Gasteiger charge is -2.52. The first-order valence-corrected chi connectivity index (χ1v) is 16.5. The van der Waals surface area contributed by atoms with Gasteiger partial charge in [0.15, 0.2) is 0 Å². The fourth-order valence-electron chi connectivity index (χ4n) is 7.12. The van der Waals surface area contributed by atoms with Crippen molar-refractivity contribution in [3.05, 3.63) is 59.7 Å². The minimum Gasteiger partial charge on any atom is -0.478 e. The second kappa shape index (κ2) is 16.1. The molecule has 0 aromatic heterocycles. The molecule has 3 fully saturated rings. The van der Waals surface area contributed by atoms with Crippen LogP contribution < -0.4 is 10.1 Å². The number of unbranched alkanes of at least 4 members (excludes halogenated alkanes) is 1. The average molecular weight is 658 g/mol. The van der Waals surface area contributed by atoms with Crippen molar-refractivity contribution in [3.8, 4) is 11.5 Å². The number of piperazine rings is 1. The van der Waals surface area contributed by atoms with Gasteiger partial charge in [-0.2, -0.15) is 0 Å². The number of carboxylic acid groups (broad SMARTS) is 1. The van der Waals surface area contributed by atoms with Gasteiger partial charge < -0.3 is 29.9 Å². The lowest BCUT2D eigenvalue weighted by Crippen LogP contribution is -2.75. The number of carbonyl (C=O) groups excluding carboxylic acids is 2. The van der Waals surface area contributed by atoms with Crippen LogP contribution in [-0.4, -0.2) is 87.8 Å². The van der Waals surface area contributed by atoms with E-state index in [4.69, 9.17) is 14.6 Å². The van der Waals surface area contributed by atoms with Gasteiger partial charge in [-0.25, -0.2) is 4.79 Å². The van der Waals surface area contributed by atoms with E-state index in [0.717, 1.165) is 44.1 Å². The van der Waals surface area contributed by atoms with Gasteiger partial charge >= 0.3 is 5.97 Å². The van der Waals surface area contributed by atoms with E-state index in [2.05, 4.69) is 17.1 Å². The van der Waals surface area contributed by atoms with E-state index in [1.165, 1.54) is 12.1 Å². The van der Waals surface area contributed by atoms with Crippen molar-refractivity contribution < 1.29 is 34.1 Å². The zero-order chi connectivity index (χ0) is 32.0. The van der Waals surface area contributed by atoms with Gasteiger partial charge in [-0.15, -0.1) is 12.4 Å². The topological polar surface area (TPSA) is 129 Å². The van der Waals surface area contributed by atoms with Crippen molar-refractivity contribution in [2.24, 2.45) is 5.92 Å². The van der Waals surface area contributed by atoms with Crippen LogP contribution in [0.4, 0.5) is 0 Å². The number of rotatable bonds is 12. The summed E-state index contributed by atoms with van der Waals surface area (Å²) in [5, 5.41) is 23.4. The highest BCUT2D eigenvalue weighted by Crippen LogP contribution is 2.37. The van der Waals surface area contributed by atoms with Gasteiger partial charge in [-0.1, -0.05) is 25.5 Å². The zero-order valence-electron chi connectivity index (χ0n) is 26.9. The van der Waals surface area contributed by atoms with Crippen LogP contribution in [-0.2, 0) is 20.9 Å². The maximum Gasteiger partial charge on any atom is 0.335 e. The number of hydrogen-bond donors (Lipinski definition) is 3. The number of ether oxygens (including phenoxy) is 2. The van der Waals surface area contributed by atoms with Gasteiger partial charge in [0.25, 0.3) is 0 Å². The van der Waals surface area contributed by atoms with Crippen LogP contribution in [0, 0.1) is 5.92 Å². The summed E-state index contributed by atoms with van der Waals surface area (Å²) in [5.74, 6) is -0.0810. The summed E-state index contributed by atoms with van der Waals surface area (Å²) in [6.07, 6.45) is 5.42. The zero-order valence-corrected chi connectivity index (χ0v) is 27.7. The number of hydrogen-bond acceptors (Lipinski definition) is 7. The van der Waals surface area contributed by atoms with Crippen LogP contribution in [0.1, 0.15) is 81.1 Å². The molecule has 3 N–H and O–H groups in total. The third-order valence-corrected chi connectivity index (χ3v) is 9.79. The molecule has 2 aliphatic heterocycles. The van der Waals surface area contributed by atoms with Gasteiger partial charge in [0.05, 0.1) is 17.8 Å². The third kappa shape index (κ3) is 8.02. The van der Waals surface area contributed by atoms with Gasteiger partial charge in [-0.05, 0) is 99.7 Å². The smallest absolute Gasteiger partial charge is 0.335 e. The SMILES string of the molecule is CCCCN1C(=O)[C@@H]([C@H](O)C2CCC(OCC)CC2)NC(=O)C12CCN(Cc1ccc(Oc3ccc(C(=O)O)cc3)cc1)CC2.Cl. The molecule has 2 saturated heterocycles. The highest BCUT2D eigenvalue weighted by molar-refractivity contribution is 6.00. The summed E-state index contributed by atoms with van der Waals surface area (Å²) in [4.78, 5) is 43.0. The molecule has 2 heterocycles. The largest absolute Gasteiger partial charge is 0.478 e. The molecule has 252 valence electrons. The van der Waals surface area contributed by atoms with E-state index in [1.54, 1.807) is 12.1 Å². The number of benzene rings is 2. The van der Waals surface area contributed by atoms with E-state index in [9.17, 15) is 19.5 Å². The molecule has 11 heteroatoms. The molecule has 1 spiro atoms. The van der Waals surface area contributed by atoms with Gasteiger partial charge in [0, 0.05) is 32.8 Å². The van der Waals surface area contributed by atoms with Crippen molar-refractivity contribution in [1.29, 1.82) is 0 Å². The first-order valence-electron chi connectivity index (χ1n) is 16.5. The number of nitrogens with zero attached hydrogens (tertiary/aromatic N) is 2. The molecule has 2 aromatic rings. The number of aliphatic hydroxyl groups excluding tert-OH is 1. The molecule has 2 aromatic carbocycles. The van der Waals surface area contributed by atoms with Crippen LogP contribution in [0.15, 0.2) is 48.5 Å². The maximum absolute atomic E-state index is 14.0. The lowest BCUT2D eigenvalue weighted by molar-refractivity contribution is -0.166. The predicted molar refractivity (Wildman–Crippen MR) is 176 cm³/mol. The number of nitrogens with one attached hydrogen (secondary N) is 1. The number of likely N-dealkylation sites (tertiary alicyclic amines) is 1. The molecule has 0 bridgehead atoms. The molecule has 3 aliphatic rings. The molecule has 2 atom stereocenters. The number of aliphatic hydroxyl groups is 1. The number of halogens is 1. The second-order valence-electron chi connectivity index (χ2n) is 12.7. The highest BCUT2D eigenvalue weighted by Gasteiger charge is 2.55. The summed E-state index contributed by atoms with van der Waals surface area (Å²) >= 11 is 0. The molecule has 0 unspecified atom stereocenters. The van der Waals surface area contributed by atoms with E-state index in [0.29, 0.717) is 57.1 Å². The van der Waals surface area contributed by atoms with Crippen molar-refractivity contribution in [1.82, 2.24) is 15.1 Å². The first-order chi connectivity index (χ1) is 21.7. The molecule has 2 amide bonds. The van der Waals surface area contributed by atoms with Crippen LogP contribution >= 0.6 is 12.4 Å². The number of piperidine rings is 1. The maximum atomic E-state index is 14.0. The number of aromatic carboxylic acids is 1. The molecule has 0 radical (unpaired) electrons. The van der Waals surface area contributed by atoms with Gasteiger partial charge in [0.1, 0.15) is 23.1 Å². The summed E-state index contributed by atoms with van der Waals surface area (Å²) in [7, 11) is 0. The Balaban J connectivity index is 0.00000480. The number of amides is 2. The standard InChI is InChI=1S/C35H47N3O7.ClH/c1-3-5-20-38-32(40)30(31(39)25-8-14-27(15-9-25)44-4-2)36-34(43)35(38)18-21-37(22-19-35)23-24-6-12-28(13-7-24)45-29-16-10-26(11-17-29)33(41)42;/h6-7,10-13,16-17,25,27,30-31,39H,3-5,8-9,14-15,18-23H2,1-2H3,(H,36,43)(H,41,42);1H/t25?,27?,30-,31-;/m1./s1. The van der Waals surface area contributed by atoms with Crippen LogP contribution in [0.25, 0.3) is 0 Å². The van der Waals surface area contributed by atoms with Gasteiger partial charge in [0.2, 0.25) is 11.8 Å². The Morgan fingerprint density at radius 3 is 2.15 bits per heavy atom. The third-order valence-electron chi connectivity index (χ3n) is 9.79. The fourth-order valence-corrected chi connectivity index (χ4v) is 7.12. The number of carboxylic acids is 1. The fraction of sp³-hybridized carbons (Fsp3) is 0.571. The highest BCUT2D eigenvalue weighted by atomic mass is 35.5. The minimum absolute atomic E-state index is 0. The molecular formula is C35H48ClN3O7. The molecule has 10 nitrogen and oxygen atoms in total. The van der Waals surface area contributed by atoms with Crippen molar-refractivity contribution >= 4 is 30.2 Å². The monoisotopic (exact) mass is 657 g/mol. The summed E-state index contributed by atoms with van der Waals surface area (Å²) in [5.41, 5.74) is 0.422. The van der Waals surface area contributed by atoms with Crippen LogP contribution in [0.2, 0.25) is 0 Å². The van der Waals surface area contributed by atoms with E-state index < -0.39 is 23.7 Å². The Hall–Kier alpha value is -3.18. The summed E-state index contributed by atoms with van der Waals surface area (Å²) in [6.45, 7) is 7.32. The quantitative estimate of drug-likeness (QED) is 0.290. The van der Waals surface area contributed by atoms with Gasteiger partial charge in [-0.3, -0.25) is 14.5 Å². The van der Waals surface area contributed by atoms with E-state index in [1.807, 2.05) is 36.1 Å². The average Bonchev–Trinajstić information content (AvgIpc) is 3.05. The van der Waals surface area contributed by atoms with Crippen molar-refractivity contribution in [3.63, 3.8) is 0 Å². The van der Waals surface area contributed by atoms with Crippen molar-refractivity contribution in [2.45, 2.75) is 95.5 Å². The van der Waals surface area contributed by atoms with Crippen molar-refractivity contribution in [2.75, 3.05) is 26.2 Å². The molecular weight excluding hydrogens is 610 g/mol. The molecule has 1 aliphatic carbocycles. The number of carbonyl (C=O) groups is 3. The summed E-state index contributed by atoms with van der Waals surface area (Å²) < 4.78 is 11.6. The molecule has 46 heavy (non-hydrogen) atoms. The second-order valence-corrected chi connectivity index (χ2v) is 12.7. The van der Waals surface area contributed by atoms with Crippen LogP contribution in [0.5, 0.6) is 11.5 Å². The predicted octanol–water partition coefficient (Wildman–Crippen LogP) is 5.02. The van der Waals surface area contributed by atoms with E-state index in [-0.39, 0.29) is 41.8 Å². The van der Waals surface area contributed by atoms with E-state index >= 15 is 0 Å². The first kappa shape index (κ1) is 35.7. The van der Waals surface area contributed by atoms with Crippen LogP contribution in [0.3, 0.4) is 0 Å². The Morgan fingerprint density at radius 2 is 1.59 bits per heavy atom. The normalized spacial score (nSPS) is 23.8. The molecule has 1 saturated carbocycles.